The van der Waals surface area contributed by atoms with E-state index in [9.17, 15) is 0 Å². The Balaban J connectivity index is 1.88. The molecule has 2 rings (SSSR count). The van der Waals surface area contributed by atoms with Gasteiger partial charge < -0.3 is 16.0 Å². The van der Waals surface area contributed by atoms with Crippen molar-refractivity contribution in [2.24, 2.45) is 0 Å². The van der Waals surface area contributed by atoms with E-state index in [0.717, 1.165) is 18.8 Å². The van der Waals surface area contributed by atoms with E-state index < -0.39 is 0 Å². The lowest BCUT2D eigenvalue weighted by Crippen LogP contribution is -2.26. The molecule has 0 spiro atoms. The molecule has 4 heteroatoms. The third kappa shape index (κ3) is 3.11. The number of hydrogen-bond acceptors (Lipinski definition) is 4. The first kappa shape index (κ1) is 11.7. The molecule has 1 aliphatic rings. The second-order valence-electron chi connectivity index (χ2n) is 4.39. The highest BCUT2D eigenvalue weighted by Crippen LogP contribution is 2.17. The van der Waals surface area contributed by atoms with Crippen molar-refractivity contribution in [1.82, 2.24) is 4.90 Å². The number of benzene rings is 1. The molecule has 0 saturated carbocycles. The van der Waals surface area contributed by atoms with Crippen LogP contribution in [-0.2, 0) is 0 Å². The molecular formula is C13H18N4. The van der Waals surface area contributed by atoms with E-state index in [1.807, 2.05) is 12.1 Å². The fraction of sp³-hybridized carbons (Fsp3) is 0.462. The van der Waals surface area contributed by atoms with Crippen LogP contribution in [0.4, 0.5) is 11.4 Å². The monoisotopic (exact) mass is 230 g/mol. The van der Waals surface area contributed by atoms with E-state index in [0.29, 0.717) is 11.3 Å². The number of nitrogen functional groups attached to an aromatic ring is 1. The SMILES string of the molecule is N#Cc1cc(N)ccc1NCCN1CCCC1. The minimum absolute atomic E-state index is 0.617. The van der Waals surface area contributed by atoms with E-state index in [4.69, 9.17) is 11.0 Å². The fourth-order valence-electron chi connectivity index (χ4n) is 2.16. The molecule has 3 N–H and O–H groups in total. The van der Waals surface area contributed by atoms with Crippen LogP contribution in [-0.4, -0.2) is 31.1 Å². The van der Waals surface area contributed by atoms with Crippen LogP contribution in [0.1, 0.15) is 18.4 Å². The van der Waals surface area contributed by atoms with Gasteiger partial charge in [0, 0.05) is 18.8 Å². The fourth-order valence-corrected chi connectivity index (χ4v) is 2.16. The van der Waals surface area contributed by atoms with Crippen molar-refractivity contribution >= 4 is 11.4 Å². The maximum Gasteiger partial charge on any atom is 0.101 e. The van der Waals surface area contributed by atoms with Crippen LogP contribution in [0.2, 0.25) is 0 Å². The van der Waals surface area contributed by atoms with E-state index >= 15 is 0 Å². The average molecular weight is 230 g/mol. The van der Waals surface area contributed by atoms with Gasteiger partial charge in [-0.1, -0.05) is 0 Å². The Morgan fingerprint density at radius 3 is 2.82 bits per heavy atom. The molecule has 0 atom stereocenters. The zero-order valence-electron chi connectivity index (χ0n) is 9.95. The van der Waals surface area contributed by atoms with Gasteiger partial charge in [-0.2, -0.15) is 5.26 Å². The molecule has 1 saturated heterocycles. The summed E-state index contributed by atoms with van der Waals surface area (Å²) in [7, 11) is 0. The quantitative estimate of drug-likeness (QED) is 0.772. The topological polar surface area (TPSA) is 65.1 Å². The molecule has 0 bridgehead atoms. The van der Waals surface area contributed by atoms with Crippen LogP contribution >= 0.6 is 0 Å². The zero-order valence-corrected chi connectivity index (χ0v) is 9.95. The van der Waals surface area contributed by atoms with Gasteiger partial charge in [0.15, 0.2) is 0 Å². The minimum atomic E-state index is 0.617. The molecule has 17 heavy (non-hydrogen) atoms. The first-order valence-electron chi connectivity index (χ1n) is 6.05. The molecular weight excluding hydrogens is 212 g/mol. The Hall–Kier alpha value is -1.73. The highest BCUT2D eigenvalue weighted by Gasteiger charge is 2.10. The largest absolute Gasteiger partial charge is 0.399 e. The summed E-state index contributed by atoms with van der Waals surface area (Å²) < 4.78 is 0. The molecule has 0 unspecified atom stereocenters. The lowest BCUT2D eigenvalue weighted by atomic mass is 10.1. The predicted molar refractivity (Wildman–Crippen MR) is 69.7 cm³/mol. The van der Waals surface area contributed by atoms with Gasteiger partial charge in [0.2, 0.25) is 0 Å². The molecule has 1 aromatic rings. The Kier molecular flexibility index (Phi) is 3.84. The maximum atomic E-state index is 9.00. The molecule has 0 aliphatic carbocycles. The number of nitrogens with one attached hydrogen (secondary N) is 1. The number of anilines is 2. The van der Waals surface area contributed by atoms with Gasteiger partial charge in [0.05, 0.1) is 11.3 Å². The van der Waals surface area contributed by atoms with Crippen molar-refractivity contribution < 1.29 is 0 Å². The van der Waals surface area contributed by atoms with Crippen LogP contribution in [0.3, 0.4) is 0 Å². The smallest absolute Gasteiger partial charge is 0.101 e. The van der Waals surface area contributed by atoms with Gasteiger partial charge in [-0.25, -0.2) is 0 Å². The highest BCUT2D eigenvalue weighted by molar-refractivity contribution is 5.62. The Bertz CT molecular complexity index is 416. The van der Waals surface area contributed by atoms with Gasteiger partial charge >= 0.3 is 0 Å². The third-order valence-corrected chi connectivity index (χ3v) is 3.11. The van der Waals surface area contributed by atoms with Crippen LogP contribution in [0, 0.1) is 11.3 Å². The number of nitriles is 1. The molecule has 4 nitrogen and oxygen atoms in total. The Morgan fingerprint density at radius 2 is 2.12 bits per heavy atom. The zero-order chi connectivity index (χ0) is 12.1. The summed E-state index contributed by atoms with van der Waals surface area (Å²) in [5.74, 6) is 0. The molecule has 1 fully saturated rings. The highest BCUT2D eigenvalue weighted by atomic mass is 15.1. The molecule has 0 aromatic heterocycles. The lowest BCUT2D eigenvalue weighted by molar-refractivity contribution is 0.352. The first-order valence-corrected chi connectivity index (χ1v) is 6.05. The summed E-state index contributed by atoms with van der Waals surface area (Å²) >= 11 is 0. The Morgan fingerprint density at radius 1 is 1.35 bits per heavy atom. The van der Waals surface area contributed by atoms with Gasteiger partial charge in [-0.3, -0.25) is 0 Å². The first-order chi connectivity index (χ1) is 8.29. The van der Waals surface area contributed by atoms with Crippen LogP contribution < -0.4 is 11.1 Å². The minimum Gasteiger partial charge on any atom is -0.399 e. The van der Waals surface area contributed by atoms with Crippen molar-refractivity contribution in [1.29, 1.82) is 5.26 Å². The molecule has 1 aliphatic heterocycles. The number of rotatable bonds is 4. The summed E-state index contributed by atoms with van der Waals surface area (Å²) in [4.78, 5) is 2.44. The number of hydrogen-bond donors (Lipinski definition) is 2. The molecule has 0 amide bonds. The molecule has 90 valence electrons. The van der Waals surface area contributed by atoms with Crippen LogP contribution in [0.5, 0.6) is 0 Å². The van der Waals surface area contributed by atoms with E-state index in [1.165, 1.54) is 25.9 Å². The summed E-state index contributed by atoms with van der Waals surface area (Å²) in [6, 6.07) is 7.56. The van der Waals surface area contributed by atoms with Gasteiger partial charge in [-0.15, -0.1) is 0 Å². The Labute approximate surface area is 102 Å². The van der Waals surface area contributed by atoms with Crippen molar-refractivity contribution in [2.75, 3.05) is 37.2 Å². The number of nitrogens with two attached hydrogens (primary N) is 1. The van der Waals surface area contributed by atoms with Crippen molar-refractivity contribution in [3.63, 3.8) is 0 Å². The van der Waals surface area contributed by atoms with Crippen molar-refractivity contribution in [3.05, 3.63) is 23.8 Å². The lowest BCUT2D eigenvalue weighted by Gasteiger charge is -2.15. The number of nitrogens with zero attached hydrogens (tertiary/aromatic N) is 2. The van der Waals surface area contributed by atoms with E-state index in [-0.39, 0.29) is 0 Å². The van der Waals surface area contributed by atoms with Crippen molar-refractivity contribution in [2.45, 2.75) is 12.8 Å². The molecule has 1 aromatic carbocycles. The summed E-state index contributed by atoms with van der Waals surface area (Å²) in [5.41, 5.74) is 7.77. The second kappa shape index (κ2) is 5.55. The maximum absolute atomic E-state index is 9.00. The van der Waals surface area contributed by atoms with Crippen LogP contribution in [0.25, 0.3) is 0 Å². The standard InChI is InChI=1S/C13H18N4/c14-10-11-9-12(15)3-4-13(11)16-5-8-17-6-1-2-7-17/h3-4,9,16H,1-2,5-8,15H2. The van der Waals surface area contributed by atoms with Gasteiger partial charge in [-0.05, 0) is 44.1 Å². The summed E-state index contributed by atoms with van der Waals surface area (Å²) in [5, 5.41) is 12.3. The summed E-state index contributed by atoms with van der Waals surface area (Å²) in [6.45, 7) is 4.32. The van der Waals surface area contributed by atoms with Gasteiger partial charge in [0.25, 0.3) is 0 Å². The summed E-state index contributed by atoms with van der Waals surface area (Å²) in [6.07, 6.45) is 2.62. The van der Waals surface area contributed by atoms with Crippen molar-refractivity contribution in [3.8, 4) is 6.07 Å². The van der Waals surface area contributed by atoms with E-state index in [2.05, 4.69) is 16.3 Å². The average Bonchev–Trinajstić information content (AvgIpc) is 2.84. The van der Waals surface area contributed by atoms with E-state index in [1.54, 1.807) is 6.07 Å². The third-order valence-electron chi connectivity index (χ3n) is 3.11. The number of likely N-dealkylation sites (tertiary alicyclic amines) is 1. The van der Waals surface area contributed by atoms with Gasteiger partial charge in [0.1, 0.15) is 6.07 Å². The molecule has 1 heterocycles. The predicted octanol–water partition coefficient (Wildman–Crippen LogP) is 1.65. The normalized spacial score (nSPS) is 15.7. The molecule has 0 radical (unpaired) electrons. The van der Waals surface area contributed by atoms with Crippen LogP contribution in [0.15, 0.2) is 18.2 Å². The second-order valence-corrected chi connectivity index (χ2v) is 4.39.